The molecule has 1 aromatic rings. The van der Waals surface area contributed by atoms with Gasteiger partial charge in [0.25, 0.3) is 0 Å². The summed E-state index contributed by atoms with van der Waals surface area (Å²) in [5.74, 6) is 0.988. The lowest BCUT2D eigenvalue weighted by Crippen LogP contribution is -2.31. The number of hydrogen-bond acceptors (Lipinski definition) is 2. The number of ether oxygens (including phenoxy) is 1. The third-order valence-electron chi connectivity index (χ3n) is 2.61. The van der Waals surface area contributed by atoms with Crippen molar-refractivity contribution < 1.29 is 9.53 Å². The molecule has 15 heavy (non-hydrogen) atoms. The van der Waals surface area contributed by atoms with Crippen LogP contribution in [0.2, 0.25) is 0 Å². The predicted octanol–water partition coefficient (Wildman–Crippen LogP) is 2.04. The number of para-hydroxylation sites is 1. The first-order valence-corrected chi connectivity index (χ1v) is 5.32. The van der Waals surface area contributed by atoms with Crippen LogP contribution in [0, 0.1) is 0 Å². The molecular weight excluding hydrogens is 190 g/mol. The van der Waals surface area contributed by atoms with Crippen LogP contribution in [-0.2, 0) is 4.79 Å². The molecule has 0 saturated heterocycles. The molecule has 80 valence electrons. The van der Waals surface area contributed by atoms with E-state index in [1.54, 1.807) is 0 Å². The van der Waals surface area contributed by atoms with Gasteiger partial charge >= 0.3 is 0 Å². The molecule has 2 rings (SSSR count). The molecule has 0 radical (unpaired) electrons. The summed E-state index contributed by atoms with van der Waals surface area (Å²) in [5.41, 5.74) is 1.09. The zero-order valence-corrected chi connectivity index (χ0v) is 8.82. The molecule has 1 N–H and O–H groups in total. The molecule has 1 aliphatic rings. The highest BCUT2D eigenvalue weighted by molar-refractivity contribution is 5.76. The van der Waals surface area contributed by atoms with Crippen LogP contribution in [0.15, 0.2) is 24.3 Å². The van der Waals surface area contributed by atoms with Gasteiger partial charge in [0.2, 0.25) is 5.91 Å². The molecule has 3 heteroatoms. The Bertz CT molecular complexity index is 362. The summed E-state index contributed by atoms with van der Waals surface area (Å²) in [6.45, 7) is 2.53. The lowest BCUT2D eigenvalue weighted by molar-refractivity contribution is -0.121. The van der Waals surface area contributed by atoms with Gasteiger partial charge in [0, 0.05) is 18.4 Å². The monoisotopic (exact) mass is 205 g/mol. The van der Waals surface area contributed by atoms with Crippen LogP contribution in [0.25, 0.3) is 0 Å². The van der Waals surface area contributed by atoms with Gasteiger partial charge in [-0.15, -0.1) is 0 Å². The van der Waals surface area contributed by atoms with E-state index in [4.69, 9.17) is 4.74 Å². The molecule has 0 bridgehead atoms. The summed E-state index contributed by atoms with van der Waals surface area (Å²) in [4.78, 5) is 11.3. The fourth-order valence-corrected chi connectivity index (χ4v) is 1.79. The largest absolute Gasteiger partial charge is 0.493 e. The van der Waals surface area contributed by atoms with E-state index in [2.05, 4.69) is 5.32 Å². The number of rotatable bonds is 2. The number of fused-ring (bicyclic) bond motifs is 1. The lowest BCUT2D eigenvalue weighted by atomic mass is 10.0. The molecule has 0 unspecified atom stereocenters. The van der Waals surface area contributed by atoms with Gasteiger partial charge < -0.3 is 10.1 Å². The standard InChI is InChI=1S/C12H15NO2/c1-2-12(14)13-10-7-8-15-11-6-4-3-5-9(10)11/h3-6,10H,2,7-8H2,1H3,(H,13,14)/t10-/m0/s1. The number of amides is 1. The SMILES string of the molecule is CCC(=O)N[C@H]1CCOc2ccccc21. The van der Waals surface area contributed by atoms with E-state index in [1.807, 2.05) is 31.2 Å². The second kappa shape index (κ2) is 4.34. The van der Waals surface area contributed by atoms with Gasteiger partial charge in [-0.05, 0) is 6.07 Å². The van der Waals surface area contributed by atoms with Gasteiger partial charge in [0.05, 0.1) is 12.6 Å². The highest BCUT2D eigenvalue weighted by Gasteiger charge is 2.21. The Hall–Kier alpha value is -1.51. The van der Waals surface area contributed by atoms with Crippen molar-refractivity contribution in [3.05, 3.63) is 29.8 Å². The van der Waals surface area contributed by atoms with Crippen molar-refractivity contribution >= 4 is 5.91 Å². The minimum atomic E-state index is 0.0942. The fraction of sp³-hybridized carbons (Fsp3) is 0.417. The van der Waals surface area contributed by atoms with E-state index in [1.165, 1.54) is 0 Å². The third-order valence-corrected chi connectivity index (χ3v) is 2.61. The molecule has 0 saturated carbocycles. The van der Waals surface area contributed by atoms with E-state index >= 15 is 0 Å². The molecule has 1 aromatic carbocycles. The highest BCUT2D eigenvalue weighted by atomic mass is 16.5. The average Bonchev–Trinajstić information content (AvgIpc) is 2.29. The summed E-state index contributed by atoms with van der Waals surface area (Å²) >= 11 is 0. The Morgan fingerprint density at radius 2 is 2.33 bits per heavy atom. The van der Waals surface area contributed by atoms with Crippen LogP contribution in [0.1, 0.15) is 31.4 Å². The van der Waals surface area contributed by atoms with Crippen molar-refractivity contribution in [3.8, 4) is 5.75 Å². The quantitative estimate of drug-likeness (QED) is 0.802. The third kappa shape index (κ3) is 2.12. The lowest BCUT2D eigenvalue weighted by Gasteiger charge is -2.26. The highest BCUT2D eigenvalue weighted by Crippen LogP contribution is 2.31. The smallest absolute Gasteiger partial charge is 0.220 e. The molecule has 3 nitrogen and oxygen atoms in total. The molecule has 0 spiro atoms. The van der Waals surface area contributed by atoms with E-state index in [9.17, 15) is 4.79 Å². The zero-order valence-electron chi connectivity index (χ0n) is 8.82. The van der Waals surface area contributed by atoms with Crippen molar-refractivity contribution in [2.24, 2.45) is 0 Å². The van der Waals surface area contributed by atoms with Crippen molar-refractivity contribution in [1.82, 2.24) is 5.32 Å². The van der Waals surface area contributed by atoms with Gasteiger partial charge in [-0.2, -0.15) is 0 Å². The number of nitrogens with one attached hydrogen (secondary N) is 1. The van der Waals surface area contributed by atoms with Gasteiger partial charge in [-0.1, -0.05) is 25.1 Å². The molecule has 1 aliphatic heterocycles. The Balaban J connectivity index is 2.18. The summed E-state index contributed by atoms with van der Waals surface area (Å²) in [7, 11) is 0. The molecule has 1 atom stereocenters. The first-order chi connectivity index (χ1) is 7.31. The predicted molar refractivity (Wildman–Crippen MR) is 57.7 cm³/mol. The Morgan fingerprint density at radius 3 is 3.13 bits per heavy atom. The van der Waals surface area contributed by atoms with E-state index in [-0.39, 0.29) is 11.9 Å². The van der Waals surface area contributed by atoms with Crippen LogP contribution in [0.4, 0.5) is 0 Å². The van der Waals surface area contributed by atoms with Gasteiger partial charge in [0.15, 0.2) is 0 Å². The number of carbonyl (C=O) groups excluding carboxylic acids is 1. The minimum Gasteiger partial charge on any atom is -0.493 e. The Labute approximate surface area is 89.4 Å². The van der Waals surface area contributed by atoms with Crippen LogP contribution >= 0.6 is 0 Å². The number of benzene rings is 1. The topological polar surface area (TPSA) is 38.3 Å². The Morgan fingerprint density at radius 1 is 1.53 bits per heavy atom. The molecular formula is C12H15NO2. The zero-order chi connectivity index (χ0) is 10.7. The second-order valence-corrected chi connectivity index (χ2v) is 3.65. The number of hydrogen-bond donors (Lipinski definition) is 1. The first kappa shape index (κ1) is 10.0. The van der Waals surface area contributed by atoms with Gasteiger partial charge in [0.1, 0.15) is 5.75 Å². The molecule has 0 aliphatic carbocycles. The van der Waals surface area contributed by atoms with E-state index in [0.717, 1.165) is 17.7 Å². The van der Waals surface area contributed by atoms with E-state index in [0.29, 0.717) is 13.0 Å². The van der Waals surface area contributed by atoms with Crippen molar-refractivity contribution in [2.75, 3.05) is 6.61 Å². The van der Waals surface area contributed by atoms with Crippen LogP contribution < -0.4 is 10.1 Å². The van der Waals surface area contributed by atoms with Crippen LogP contribution in [0.5, 0.6) is 5.75 Å². The maximum atomic E-state index is 11.3. The van der Waals surface area contributed by atoms with Gasteiger partial charge in [-0.25, -0.2) is 0 Å². The minimum absolute atomic E-state index is 0.0942. The summed E-state index contributed by atoms with van der Waals surface area (Å²) in [5, 5.41) is 3.01. The molecule has 1 heterocycles. The number of carbonyl (C=O) groups is 1. The summed E-state index contributed by atoms with van der Waals surface area (Å²) in [6.07, 6.45) is 1.38. The normalized spacial score (nSPS) is 18.9. The Kier molecular flexibility index (Phi) is 2.90. The van der Waals surface area contributed by atoms with Crippen molar-refractivity contribution in [2.45, 2.75) is 25.8 Å². The second-order valence-electron chi connectivity index (χ2n) is 3.65. The van der Waals surface area contributed by atoms with Crippen molar-refractivity contribution in [1.29, 1.82) is 0 Å². The van der Waals surface area contributed by atoms with E-state index < -0.39 is 0 Å². The maximum Gasteiger partial charge on any atom is 0.220 e. The molecule has 0 fully saturated rings. The van der Waals surface area contributed by atoms with Gasteiger partial charge in [-0.3, -0.25) is 4.79 Å². The van der Waals surface area contributed by atoms with Crippen LogP contribution in [0.3, 0.4) is 0 Å². The molecule has 0 aromatic heterocycles. The first-order valence-electron chi connectivity index (χ1n) is 5.32. The summed E-state index contributed by atoms with van der Waals surface area (Å²) in [6, 6.07) is 7.98. The molecule has 1 amide bonds. The van der Waals surface area contributed by atoms with Crippen LogP contribution in [-0.4, -0.2) is 12.5 Å². The maximum absolute atomic E-state index is 11.3. The van der Waals surface area contributed by atoms with Crippen molar-refractivity contribution in [3.63, 3.8) is 0 Å². The fourth-order valence-electron chi connectivity index (χ4n) is 1.79. The summed E-state index contributed by atoms with van der Waals surface area (Å²) < 4.78 is 5.52. The average molecular weight is 205 g/mol.